The van der Waals surface area contributed by atoms with Crippen LogP contribution in [-0.2, 0) is 6.54 Å². The average molecular weight is 383 g/mol. The number of hydrogen-bond acceptors (Lipinski definition) is 4. The normalized spacial score (nSPS) is 13.3. The predicted molar refractivity (Wildman–Crippen MR) is 106 cm³/mol. The highest BCUT2D eigenvalue weighted by Crippen LogP contribution is 2.17. The lowest BCUT2D eigenvalue weighted by Gasteiger charge is -2.31. The van der Waals surface area contributed by atoms with Crippen molar-refractivity contribution in [2.45, 2.75) is 46.2 Å². The molecule has 1 aromatic heterocycles. The van der Waals surface area contributed by atoms with Gasteiger partial charge in [0.1, 0.15) is 0 Å². The minimum atomic E-state index is -0.515. The molecule has 0 bridgehead atoms. The Labute approximate surface area is 158 Å². The minimum absolute atomic E-state index is 0. The van der Waals surface area contributed by atoms with Gasteiger partial charge in [0.05, 0.1) is 10.9 Å². The molecule has 1 heterocycles. The van der Waals surface area contributed by atoms with Crippen molar-refractivity contribution in [3.05, 3.63) is 44.6 Å². The summed E-state index contributed by atoms with van der Waals surface area (Å²) in [5.74, 6) is 0.102. The maximum Gasteiger partial charge on any atom is 0.328 e. The van der Waals surface area contributed by atoms with E-state index in [1.807, 2.05) is 6.92 Å². The molecule has 8 heteroatoms. The summed E-state index contributed by atoms with van der Waals surface area (Å²) in [4.78, 5) is 39.5. The lowest BCUT2D eigenvalue weighted by atomic mass is 9.90. The van der Waals surface area contributed by atoms with E-state index in [1.165, 1.54) is 6.07 Å². The molecule has 0 aliphatic carbocycles. The van der Waals surface area contributed by atoms with Crippen molar-refractivity contribution in [3.8, 4) is 0 Å². The van der Waals surface area contributed by atoms with Gasteiger partial charge in [-0.1, -0.05) is 13.8 Å². The van der Waals surface area contributed by atoms with Crippen LogP contribution >= 0.6 is 12.4 Å². The number of carbonyl (C=O) groups is 1. The maximum atomic E-state index is 12.6. The first-order valence-electron chi connectivity index (χ1n) is 8.50. The van der Waals surface area contributed by atoms with Crippen molar-refractivity contribution in [1.82, 2.24) is 14.9 Å². The number of aromatic nitrogens is 2. The first-order valence-corrected chi connectivity index (χ1v) is 8.50. The van der Waals surface area contributed by atoms with Gasteiger partial charge in [-0.15, -0.1) is 12.4 Å². The van der Waals surface area contributed by atoms with Crippen LogP contribution in [0.1, 0.15) is 44.5 Å². The fourth-order valence-corrected chi connectivity index (χ4v) is 3.12. The molecule has 1 atom stereocenters. The molecule has 1 unspecified atom stereocenters. The summed E-state index contributed by atoms with van der Waals surface area (Å²) >= 11 is 0. The zero-order chi connectivity index (χ0) is 18.8. The molecule has 0 radical (unpaired) electrons. The zero-order valence-corrected chi connectivity index (χ0v) is 16.4. The van der Waals surface area contributed by atoms with Gasteiger partial charge in [0.15, 0.2) is 0 Å². The molecule has 0 aliphatic rings. The first kappa shape index (κ1) is 21.9. The lowest BCUT2D eigenvalue weighted by Crippen LogP contribution is -2.52. The number of H-pyrrole nitrogens is 1. The molecule has 4 N–H and O–H groups in total. The Bertz CT molecular complexity index is 903. The maximum absolute atomic E-state index is 12.6. The molecule has 26 heavy (non-hydrogen) atoms. The van der Waals surface area contributed by atoms with Gasteiger partial charge in [0, 0.05) is 24.2 Å². The molecule has 2 rings (SSSR count). The standard InChI is InChI=1S/C18H26N4O3.ClH/c1-5-22-16(24)13-7-6-12(8-14(13)20-17(22)25)15(23)21-18(4,10-19)9-11(2)3;/h6-8,11H,5,9-10,19H2,1-4H3,(H,20,25)(H,21,23);1H. The second-order valence-corrected chi connectivity index (χ2v) is 7.06. The predicted octanol–water partition coefficient (Wildman–Crippen LogP) is 1.62. The van der Waals surface area contributed by atoms with Crippen molar-refractivity contribution >= 4 is 29.2 Å². The van der Waals surface area contributed by atoms with Crippen molar-refractivity contribution in [1.29, 1.82) is 0 Å². The third-order valence-electron chi connectivity index (χ3n) is 4.28. The van der Waals surface area contributed by atoms with Crippen LogP contribution in [0.25, 0.3) is 10.9 Å². The van der Waals surface area contributed by atoms with Gasteiger partial charge in [-0.25, -0.2) is 4.79 Å². The van der Waals surface area contributed by atoms with E-state index in [4.69, 9.17) is 5.73 Å². The number of fused-ring (bicyclic) bond motifs is 1. The summed E-state index contributed by atoms with van der Waals surface area (Å²) in [6, 6.07) is 4.68. The highest BCUT2D eigenvalue weighted by Gasteiger charge is 2.26. The molecular weight excluding hydrogens is 356 g/mol. The molecule has 0 aliphatic heterocycles. The minimum Gasteiger partial charge on any atom is -0.346 e. The summed E-state index contributed by atoms with van der Waals surface area (Å²) in [6.45, 7) is 8.39. The molecule has 0 spiro atoms. The lowest BCUT2D eigenvalue weighted by molar-refractivity contribution is 0.0898. The highest BCUT2D eigenvalue weighted by atomic mass is 35.5. The largest absolute Gasteiger partial charge is 0.346 e. The van der Waals surface area contributed by atoms with Gasteiger partial charge < -0.3 is 16.0 Å². The van der Waals surface area contributed by atoms with E-state index in [-0.39, 0.29) is 30.4 Å². The number of benzene rings is 1. The van der Waals surface area contributed by atoms with Gasteiger partial charge in [-0.3, -0.25) is 14.2 Å². The Kier molecular flexibility index (Phi) is 7.17. The van der Waals surface area contributed by atoms with Crippen LogP contribution in [0.5, 0.6) is 0 Å². The summed E-state index contributed by atoms with van der Waals surface area (Å²) in [5.41, 5.74) is 5.21. The molecule has 7 nitrogen and oxygen atoms in total. The highest BCUT2D eigenvalue weighted by molar-refractivity contribution is 5.98. The molecule has 1 amide bonds. The van der Waals surface area contributed by atoms with Gasteiger partial charge in [-0.05, 0) is 44.4 Å². The molecule has 2 aromatic rings. The Morgan fingerprint density at radius 2 is 2.00 bits per heavy atom. The van der Waals surface area contributed by atoms with Gasteiger partial charge in [0.25, 0.3) is 11.5 Å². The van der Waals surface area contributed by atoms with Gasteiger partial charge in [-0.2, -0.15) is 0 Å². The first-order chi connectivity index (χ1) is 11.7. The summed E-state index contributed by atoms with van der Waals surface area (Å²) < 4.78 is 1.12. The van der Waals surface area contributed by atoms with Crippen LogP contribution in [0.2, 0.25) is 0 Å². The Hall–Kier alpha value is -2.12. The van der Waals surface area contributed by atoms with E-state index in [2.05, 4.69) is 24.1 Å². The topological polar surface area (TPSA) is 110 Å². The van der Waals surface area contributed by atoms with Crippen LogP contribution in [0, 0.1) is 5.92 Å². The fraction of sp³-hybridized carbons (Fsp3) is 0.500. The van der Waals surface area contributed by atoms with Crippen molar-refractivity contribution in [3.63, 3.8) is 0 Å². The number of nitrogens with zero attached hydrogens (tertiary/aromatic N) is 1. The number of nitrogens with one attached hydrogen (secondary N) is 2. The van der Waals surface area contributed by atoms with E-state index < -0.39 is 11.2 Å². The zero-order valence-electron chi connectivity index (χ0n) is 15.6. The molecule has 0 fully saturated rings. The average Bonchev–Trinajstić information content (AvgIpc) is 2.53. The monoisotopic (exact) mass is 382 g/mol. The second kappa shape index (κ2) is 8.51. The quantitative estimate of drug-likeness (QED) is 0.705. The van der Waals surface area contributed by atoms with Crippen LogP contribution in [0.15, 0.2) is 27.8 Å². The van der Waals surface area contributed by atoms with E-state index in [0.717, 1.165) is 11.0 Å². The molecular formula is C18H27ClN4O3. The molecule has 0 saturated heterocycles. The third-order valence-corrected chi connectivity index (χ3v) is 4.28. The summed E-state index contributed by atoms with van der Waals surface area (Å²) in [5, 5.41) is 3.34. The number of rotatable bonds is 6. The molecule has 1 aromatic carbocycles. The van der Waals surface area contributed by atoms with E-state index in [9.17, 15) is 14.4 Å². The number of halogens is 1. The Morgan fingerprint density at radius 1 is 1.35 bits per heavy atom. The smallest absolute Gasteiger partial charge is 0.328 e. The SMILES string of the molecule is CCn1c(=O)[nH]c2cc(C(=O)NC(C)(CN)CC(C)C)ccc2c1=O.Cl. The van der Waals surface area contributed by atoms with Crippen molar-refractivity contribution < 1.29 is 4.79 Å². The Morgan fingerprint density at radius 3 is 2.54 bits per heavy atom. The van der Waals surface area contributed by atoms with Crippen molar-refractivity contribution in [2.75, 3.05) is 6.54 Å². The number of aromatic amines is 1. The van der Waals surface area contributed by atoms with Crippen molar-refractivity contribution in [2.24, 2.45) is 11.7 Å². The third kappa shape index (κ3) is 4.53. The number of carbonyl (C=O) groups excluding carboxylic acids is 1. The van der Waals surface area contributed by atoms with E-state index in [1.54, 1.807) is 19.1 Å². The fourth-order valence-electron chi connectivity index (χ4n) is 3.12. The van der Waals surface area contributed by atoms with E-state index >= 15 is 0 Å². The molecule has 0 saturated carbocycles. The van der Waals surface area contributed by atoms with Crippen LogP contribution in [0.4, 0.5) is 0 Å². The van der Waals surface area contributed by atoms with E-state index in [0.29, 0.717) is 28.9 Å². The van der Waals surface area contributed by atoms with Crippen LogP contribution in [-0.4, -0.2) is 27.5 Å². The summed E-state index contributed by atoms with van der Waals surface area (Å²) in [6.07, 6.45) is 0.751. The van der Waals surface area contributed by atoms with Gasteiger partial charge >= 0.3 is 5.69 Å². The number of amides is 1. The Balaban J connectivity index is 0.00000338. The number of hydrogen-bond donors (Lipinski definition) is 3. The van der Waals surface area contributed by atoms with Gasteiger partial charge in [0.2, 0.25) is 0 Å². The number of nitrogens with two attached hydrogens (primary N) is 1. The summed E-state index contributed by atoms with van der Waals surface area (Å²) in [7, 11) is 0. The van der Waals surface area contributed by atoms with Crippen LogP contribution < -0.4 is 22.3 Å². The molecule has 144 valence electrons. The second-order valence-electron chi connectivity index (χ2n) is 7.06. The van der Waals surface area contributed by atoms with Crippen LogP contribution in [0.3, 0.4) is 0 Å².